The molecule has 0 bridgehead atoms. The summed E-state index contributed by atoms with van der Waals surface area (Å²) in [5, 5.41) is 41.6. The minimum atomic E-state index is -1.06. The zero-order valence-corrected chi connectivity index (χ0v) is 19.9. The molecule has 0 radical (unpaired) electrons. The Kier molecular flexibility index (Phi) is 12.9. The molecule has 1 aromatic rings. The van der Waals surface area contributed by atoms with Crippen LogP contribution in [0.1, 0.15) is 32.1 Å². The van der Waals surface area contributed by atoms with Crippen LogP contribution in [-0.4, -0.2) is 46.2 Å². The van der Waals surface area contributed by atoms with Gasteiger partial charge in [0.2, 0.25) is 0 Å². The van der Waals surface area contributed by atoms with Gasteiger partial charge in [0.15, 0.2) is 0 Å². The summed E-state index contributed by atoms with van der Waals surface area (Å²) in [7, 11) is 0. The van der Waals surface area contributed by atoms with Gasteiger partial charge >= 0.3 is 29.6 Å². The zero-order valence-electron chi connectivity index (χ0n) is 17.2. The van der Waals surface area contributed by atoms with Crippen LogP contribution < -0.4 is 39.4 Å². The number of halogens is 1. The molecule has 1 aliphatic carbocycles. The third kappa shape index (κ3) is 9.52. The summed E-state index contributed by atoms with van der Waals surface area (Å²) in [5.74, 6) is -0.947. The first kappa shape index (κ1) is 27.2. The molecule has 1 saturated carbocycles. The summed E-state index contributed by atoms with van der Waals surface area (Å²) in [5.41, 5.74) is 0. The van der Waals surface area contributed by atoms with Gasteiger partial charge in [-0.15, -0.1) is 0 Å². The van der Waals surface area contributed by atoms with Crippen LogP contribution in [-0.2, 0) is 4.79 Å². The zero-order chi connectivity index (χ0) is 21.2. The standard InChI is InChI=1S/C22H29ClO6.Na/c23-15-6-5-7-17(12-15)29-14-16(24)10-11-19-18(20(25)13-21(19)26)8-3-1-2-4-9-22(27)28;/h1,3,5-7,10-12,16,18-21,24-26H,2,4,8-9,13-14H2,(H,27,28);/q;+1/p-1/b3-1?,11-10+;/t16?,18-,19-,20+,21?;/m1./s1. The number of aliphatic hydroxyl groups is 3. The quantitative estimate of drug-likeness (QED) is 0.225. The van der Waals surface area contributed by atoms with Crippen LogP contribution in [0.3, 0.4) is 0 Å². The molecule has 3 N–H and O–H groups in total. The average molecular weight is 447 g/mol. The Labute approximate surface area is 204 Å². The Hall–Kier alpha value is -0.860. The molecule has 2 unspecified atom stereocenters. The van der Waals surface area contributed by atoms with E-state index in [1.165, 1.54) is 0 Å². The fourth-order valence-electron chi connectivity index (χ4n) is 3.49. The second kappa shape index (κ2) is 14.2. The number of carboxylic acid groups (broad SMARTS) is 1. The molecule has 0 spiro atoms. The number of ether oxygens (including phenoxy) is 1. The van der Waals surface area contributed by atoms with E-state index in [0.29, 0.717) is 30.0 Å². The van der Waals surface area contributed by atoms with E-state index in [9.17, 15) is 25.2 Å². The molecule has 0 aliphatic heterocycles. The van der Waals surface area contributed by atoms with Crippen molar-refractivity contribution in [2.24, 2.45) is 11.8 Å². The van der Waals surface area contributed by atoms with E-state index >= 15 is 0 Å². The van der Waals surface area contributed by atoms with Crippen LogP contribution in [0.5, 0.6) is 5.75 Å². The van der Waals surface area contributed by atoms with Crippen LogP contribution in [0.2, 0.25) is 5.02 Å². The van der Waals surface area contributed by atoms with Crippen molar-refractivity contribution in [3.63, 3.8) is 0 Å². The molecule has 2 rings (SSSR count). The van der Waals surface area contributed by atoms with E-state index in [2.05, 4.69) is 0 Å². The minimum Gasteiger partial charge on any atom is -0.550 e. The monoisotopic (exact) mass is 446 g/mol. The number of aliphatic hydroxyl groups excluding tert-OH is 3. The average Bonchev–Trinajstić information content (AvgIpc) is 2.93. The van der Waals surface area contributed by atoms with Crippen molar-refractivity contribution < 1.29 is 59.5 Å². The molecule has 8 heteroatoms. The third-order valence-electron chi connectivity index (χ3n) is 5.01. The smallest absolute Gasteiger partial charge is 0.550 e. The van der Waals surface area contributed by atoms with Crippen molar-refractivity contribution in [1.29, 1.82) is 0 Å². The van der Waals surface area contributed by atoms with E-state index < -0.39 is 24.3 Å². The van der Waals surface area contributed by atoms with Crippen LogP contribution in [0, 0.1) is 11.8 Å². The maximum atomic E-state index is 10.4. The number of rotatable bonds is 11. The van der Waals surface area contributed by atoms with Crippen LogP contribution in [0.25, 0.3) is 0 Å². The Morgan fingerprint density at radius 2 is 2.07 bits per heavy atom. The molecule has 1 fully saturated rings. The Morgan fingerprint density at radius 3 is 2.77 bits per heavy atom. The molecular weight excluding hydrogens is 419 g/mol. The van der Waals surface area contributed by atoms with Crippen molar-refractivity contribution in [3.8, 4) is 5.75 Å². The number of carbonyl (C=O) groups excluding carboxylic acids is 1. The predicted octanol–water partition coefficient (Wildman–Crippen LogP) is -1.14. The Balaban J connectivity index is 0.00000450. The van der Waals surface area contributed by atoms with Gasteiger partial charge in [0, 0.05) is 23.3 Å². The normalized spacial score (nSPS) is 24.8. The maximum Gasteiger partial charge on any atom is 1.00 e. The van der Waals surface area contributed by atoms with E-state index in [1.807, 2.05) is 12.2 Å². The summed E-state index contributed by atoms with van der Waals surface area (Å²) in [6.07, 6.45) is 6.93. The van der Waals surface area contributed by atoms with E-state index in [0.717, 1.165) is 0 Å². The van der Waals surface area contributed by atoms with Crippen LogP contribution >= 0.6 is 11.6 Å². The molecule has 30 heavy (non-hydrogen) atoms. The number of hydrogen-bond donors (Lipinski definition) is 3. The SMILES string of the molecule is O=C([O-])CCCC=CC[C@H]1[C@@H](O)CC(O)[C@@H]1/C=C/C(O)COc1cccc(Cl)c1.[Na+]. The molecule has 0 saturated heterocycles. The molecule has 0 amide bonds. The number of unbranched alkanes of at least 4 members (excludes halogenated alkanes) is 1. The van der Waals surface area contributed by atoms with Gasteiger partial charge in [-0.05, 0) is 49.8 Å². The van der Waals surface area contributed by atoms with Gasteiger partial charge in [-0.1, -0.05) is 42.0 Å². The molecular formula is C22H28ClNaO6. The Bertz CT molecular complexity index is 711. The first-order valence-corrected chi connectivity index (χ1v) is 10.2. The summed E-state index contributed by atoms with van der Waals surface area (Å²) >= 11 is 5.89. The predicted molar refractivity (Wildman–Crippen MR) is 108 cm³/mol. The number of benzene rings is 1. The fraction of sp³-hybridized carbons (Fsp3) is 0.500. The van der Waals surface area contributed by atoms with Crippen molar-refractivity contribution in [2.45, 2.75) is 50.4 Å². The molecule has 5 atom stereocenters. The molecule has 160 valence electrons. The van der Waals surface area contributed by atoms with E-state index in [4.69, 9.17) is 16.3 Å². The maximum absolute atomic E-state index is 10.4. The van der Waals surface area contributed by atoms with Gasteiger partial charge in [-0.25, -0.2) is 0 Å². The summed E-state index contributed by atoms with van der Waals surface area (Å²) < 4.78 is 5.50. The number of hydrogen-bond acceptors (Lipinski definition) is 6. The van der Waals surface area contributed by atoms with Crippen LogP contribution in [0.4, 0.5) is 0 Å². The fourth-order valence-corrected chi connectivity index (χ4v) is 3.67. The molecule has 0 aromatic heterocycles. The molecule has 1 aliphatic rings. The number of allylic oxidation sites excluding steroid dienone is 2. The van der Waals surface area contributed by atoms with Gasteiger partial charge in [0.25, 0.3) is 0 Å². The molecule has 1 aromatic carbocycles. The van der Waals surface area contributed by atoms with Gasteiger partial charge in [0.05, 0.1) is 12.2 Å². The van der Waals surface area contributed by atoms with Crippen molar-refractivity contribution in [3.05, 3.63) is 53.6 Å². The van der Waals surface area contributed by atoms with Gasteiger partial charge < -0.3 is 30.0 Å². The first-order valence-electron chi connectivity index (χ1n) is 9.82. The van der Waals surface area contributed by atoms with Crippen molar-refractivity contribution in [2.75, 3.05) is 6.61 Å². The van der Waals surface area contributed by atoms with E-state index in [-0.39, 0.29) is 60.8 Å². The summed E-state index contributed by atoms with van der Waals surface area (Å²) in [4.78, 5) is 10.4. The molecule has 0 heterocycles. The topological polar surface area (TPSA) is 110 Å². The van der Waals surface area contributed by atoms with Gasteiger partial charge in [0.1, 0.15) is 18.5 Å². The summed E-state index contributed by atoms with van der Waals surface area (Å²) in [6.45, 7) is 0.0468. The van der Waals surface area contributed by atoms with E-state index in [1.54, 1.807) is 36.4 Å². The van der Waals surface area contributed by atoms with Crippen LogP contribution in [0.15, 0.2) is 48.6 Å². The summed E-state index contributed by atoms with van der Waals surface area (Å²) in [6, 6.07) is 6.89. The largest absolute Gasteiger partial charge is 1.00 e. The third-order valence-corrected chi connectivity index (χ3v) is 5.25. The number of aliphatic carboxylic acids is 1. The number of carbonyl (C=O) groups is 1. The second-order valence-electron chi connectivity index (χ2n) is 7.30. The second-order valence-corrected chi connectivity index (χ2v) is 7.74. The van der Waals surface area contributed by atoms with Gasteiger partial charge in [-0.2, -0.15) is 0 Å². The van der Waals surface area contributed by atoms with Gasteiger partial charge in [-0.3, -0.25) is 0 Å². The number of carboxylic acids is 1. The minimum absolute atomic E-state index is 0. The first-order chi connectivity index (χ1) is 13.9. The van der Waals surface area contributed by atoms with Crippen molar-refractivity contribution >= 4 is 17.6 Å². The Morgan fingerprint density at radius 1 is 1.30 bits per heavy atom. The molecule has 6 nitrogen and oxygen atoms in total. The van der Waals surface area contributed by atoms with Crippen molar-refractivity contribution in [1.82, 2.24) is 0 Å².